The number of halogens is 1. The van der Waals surface area contributed by atoms with Crippen LogP contribution in [0.4, 0.5) is 0 Å². The minimum atomic E-state index is 0.0104. The average Bonchev–Trinajstić information content (AvgIpc) is 3.45. The lowest BCUT2D eigenvalue weighted by Crippen LogP contribution is -2.27. The molecule has 30 heavy (non-hydrogen) atoms. The summed E-state index contributed by atoms with van der Waals surface area (Å²) in [6.45, 7) is 0.605. The van der Waals surface area contributed by atoms with Crippen molar-refractivity contribution in [1.29, 1.82) is 0 Å². The Balaban J connectivity index is 1.24. The highest BCUT2D eigenvalue weighted by atomic mass is 35.5. The molecule has 0 unspecified atom stereocenters. The van der Waals surface area contributed by atoms with Crippen LogP contribution in [-0.2, 0) is 17.6 Å². The fourth-order valence-electron chi connectivity index (χ4n) is 3.62. The number of para-hydroxylation sites is 1. The van der Waals surface area contributed by atoms with Gasteiger partial charge in [0.2, 0.25) is 5.91 Å². The van der Waals surface area contributed by atoms with Crippen LogP contribution in [0.3, 0.4) is 0 Å². The van der Waals surface area contributed by atoms with Gasteiger partial charge in [-0.25, -0.2) is 4.98 Å². The van der Waals surface area contributed by atoms with Gasteiger partial charge in [-0.1, -0.05) is 41.9 Å². The Kier molecular flexibility index (Phi) is 5.02. The number of carbonyl (C=O) groups excluding carboxylic acids is 1. The minimum absolute atomic E-state index is 0.0104. The first kappa shape index (κ1) is 18.9. The molecule has 0 bridgehead atoms. The van der Waals surface area contributed by atoms with E-state index in [-0.39, 0.29) is 5.91 Å². The Morgan fingerprint density at radius 3 is 2.87 bits per heavy atom. The molecule has 3 heterocycles. The number of thiazole rings is 1. The molecule has 1 amide bonds. The van der Waals surface area contributed by atoms with Gasteiger partial charge >= 0.3 is 0 Å². The number of hydrogen-bond acceptors (Lipinski definition) is 3. The fourth-order valence-corrected chi connectivity index (χ4v) is 4.62. The van der Waals surface area contributed by atoms with Gasteiger partial charge in [-0.2, -0.15) is 0 Å². The zero-order valence-corrected chi connectivity index (χ0v) is 17.6. The number of fused-ring (bicyclic) bond motifs is 2. The summed E-state index contributed by atoms with van der Waals surface area (Å²) in [5.41, 5.74) is 5.15. The van der Waals surface area contributed by atoms with Crippen molar-refractivity contribution in [2.45, 2.75) is 12.8 Å². The minimum Gasteiger partial charge on any atom is -0.361 e. The third-order valence-corrected chi connectivity index (χ3v) is 6.30. The molecule has 5 rings (SSSR count). The summed E-state index contributed by atoms with van der Waals surface area (Å²) in [4.78, 5) is 21.3. The molecular weight excluding hydrogens is 416 g/mol. The van der Waals surface area contributed by atoms with E-state index in [2.05, 4.69) is 27.4 Å². The van der Waals surface area contributed by atoms with Gasteiger partial charge in [0.25, 0.3) is 0 Å². The summed E-state index contributed by atoms with van der Waals surface area (Å²) in [6, 6.07) is 15.8. The zero-order chi connectivity index (χ0) is 20.5. The van der Waals surface area contributed by atoms with E-state index in [4.69, 9.17) is 11.6 Å². The third-order valence-electron chi connectivity index (χ3n) is 5.16. The molecule has 0 saturated heterocycles. The van der Waals surface area contributed by atoms with Crippen LogP contribution in [-0.4, -0.2) is 26.8 Å². The predicted molar refractivity (Wildman–Crippen MR) is 122 cm³/mol. The maximum atomic E-state index is 12.5. The number of aromatic nitrogens is 3. The molecule has 0 radical (unpaired) electrons. The second-order valence-corrected chi connectivity index (χ2v) is 8.42. The van der Waals surface area contributed by atoms with Crippen molar-refractivity contribution in [2.75, 3.05) is 6.54 Å². The maximum absolute atomic E-state index is 12.5. The Bertz CT molecular complexity index is 1330. The van der Waals surface area contributed by atoms with Gasteiger partial charge in [0.1, 0.15) is 0 Å². The van der Waals surface area contributed by atoms with Crippen LogP contribution in [0.15, 0.2) is 66.3 Å². The monoisotopic (exact) mass is 434 g/mol. The van der Waals surface area contributed by atoms with E-state index in [1.54, 1.807) is 0 Å². The van der Waals surface area contributed by atoms with E-state index < -0.39 is 0 Å². The van der Waals surface area contributed by atoms with Crippen LogP contribution in [0, 0.1) is 0 Å². The Morgan fingerprint density at radius 2 is 2.00 bits per heavy atom. The molecule has 3 aromatic heterocycles. The lowest BCUT2D eigenvalue weighted by atomic mass is 10.1. The Labute approximate surface area is 182 Å². The molecule has 5 nitrogen and oxygen atoms in total. The van der Waals surface area contributed by atoms with Crippen LogP contribution in [0.2, 0.25) is 5.02 Å². The van der Waals surface area contributed by atoms with Crippen molar-refractivity contribution in [2.24, 2.45) is 0 Å². The predicted octanol–water partition coefficient (Wildman–Crippen LogP) is 5.10. The van der Waals surface area contributed by atoms with Gasteiger partial charge in [-0.05, 0) is 30.2 Å². The second-order valence-electron chi connectivity index (χ2n) is 7.15. The van der Waals surface area contributed by atoms with Crippen molar-refractivity contribution in [3.8, 4) is 11.3 Å². The molecule has 0 fully saturated rings. The molecule has 0 saturated carbocycles. The normalized spacial score (nSPS) is 11.4. The van der Waals surface area contributed by atoms with Gasteiger partial charge in [0.15, 0.2) is 4.96 Å². The summed E-state index contributed by atoms with van der Waals surface area (Å²) >= 11 is 7.51. The standard InChI is InChI=1S/C23H19ClN4OS/c24-17-7-5-15(6-8-17)21-13-28-18(14-30-23(28)27-21)11-22(29)25-10-9-16-12-26-20-4-2-1-3-19(16)20/h1-8,12-14,26H,9-11H2,(H,25,29). The SMILES string of the molecule is O=C(Cc1csc2nc(-c3ccc(Cl)cc3)cn12)NCCc1c[nH]c2ccccc12. The molecule has 2 aromatic carbocycles. The Morgan fingerprint density at radius 1 is 1.17 bits per heavy atom. The van der Waals surface area contributed by atoms with Crippen LogP contribution < -0.4 is 5.32 Å². The number of amides is 1. The number of H-pyrrole nitrogens is 1. The number of benzene rings is 2. The number of imidazole rings is 1. The highest BCUT2D eigenvalue weighted by Gasteiger charge is 2.13. The molecular formula is C23H19ClN4OS. The van der Waals surface area contributed by atoms with E-state index in [9.17, 15) is 4.79 Å². The van der Waals surface area contributed by atoms with E-state index >= 15 is 0 Å². The third kappa shape index (κ3) is 3.72. The summed E-state index contributed by atoms with van der Waals surface area (Å²) in [6.07, 6.45) is 5.11. The van der Waals surface area contributed by atoms with Crippen LogP contribution in [0.5, 0.6) is 0 Å². The van der Waals surface area contributed by atoms with E-state index in [0.717, 1.165) is 33.8 Å². The molecule has 5 aromatic rings. The van der Waals surface area contributed by atoms with Crippen LogP contribution in [0.25, 0.3) is 27.1 Å². The van der Waals surface area contributed by atoms with Crippen molar-refractivity contribution in [3.05, 3.63) is 82.6 Å². The number of carbonyl (C=O) groups is 1. The molecule has 0 aliphatic heterocycles. The molecule has 0 aliphatic rings. The van der Waals surface area contributed by atoms with Crippen molar-refractivity contribution < 1.29 is 4.79 Å². The summed E-state index contributed by atoms with van der Waals surface area (Å²) in [5.74, 6) is 0.0104. The number of rotatable bonds is 6. The first-order chi connectivity index (χ1) is 14.7. The molecule has 0 spiro atoms. The topological polar surface area (TPSA) is 62.2 Å². The van der Waals surface area contributed by atoms with Gasteiger partial charge in [0, 0.05) is 51.5 Å². The second kappa shape index (κ2) is 7.97. The smallest absolute Gasteiger partial charge is 0.225 e. The first-order valence-electron chi connectivity index (χ1n) is 9.70. The maximum Gasteiger partial charge on any atom is 0.225 e. The molecule has 7 heteroatoms. The van der Waals surface area contributed by atoms with E-state index in [0.29, 0.717) is 18.0 Å². The number of aromatic amines is 1. The van der Waals surface area contributed by atoms with Gasteiger partial charge in [-0.15, -0.1) is 11.3 Å². The lowest BCUT2D eigenvalue weighted by molar-refractivity contribution is -0.120. The Hall–Kier alpha value is -3.09. The van der Waals surface area contributed by atoms with Crippen LogP contribution >= 0.6 is 22.9 Å². The summed E-state index contributed by atoms with van der Waals surface area (Å²) < 4.78 is 1.99. The van der Waals surface area contributed by atoms with Crippen LogP contribution in [0.1, 0.15) is 11.3 Å². The van der Waals surface area contributed by atoms with Crippen molar-refractivity contribution in [3.63, 3.8) is 0 Å². The number of nitrogens with zero attached hydrogens (tertiary/aromatic N) is 2. The first-order valence-corrected chi connectivity index (χ1v) is 11.0. The number of hydrogen-bond donors (Lipinski definition) is 2. The summed E-state index contributed by atoms with van der Waals surface area (Å²) in [7, 11) is 0. The van der Waals surface area contributed by atoms with Crippen molar-refractivity contribution >= 4 is 44.7 Å². The van der Waals surface area contributed by atoms with E-state index in [1.165, 1.54) is 22.3 Å². The average molecular weight is 435 g/mol. The zero-order valence-electron chi connectivity index (χ0n) is 16.1. The van der Waals surface area contributed by atoms with Crippen molar-refractivity contribution in [1.82, 2.24) is 19.7 Å². The largest absolute Gasteiger partial charge is 0.361 e. The van der Waals surface area contributed by atoms with Gasteiger partial charge in [-0.3, -0.25) is 9.20 Å². The van der Waals surface area contributed by atoms with Gasteiger partial charge in [0.05, 0.1) is 12.1 Å². The quantitative estimate of drug-likeness (QED) is 0.390. The molecule has 0 aliphatic carbocycles. The summed E-state index contributed by atoms with van der Waals surface area (Å²) in [5, 5.41) is 6.94. The molecule has 0 atom stereocenters. The fraction of sp³-hybridized carbons (Fsp3) is 0.130. The lowest BCUT2D eigenvalue weighted by Gasteiger charge is -2.04. The van der Waals surface area contributed by atoms with E-state index in [1.807, 2.05) is 58.6 Å². The molecule has 2 N–H and O–H groups in total. The highest BCUT2D eigenvalue weighted by molar-refractivity contribution is 7.15. The molecule has 150 valence electrons. The van der Waals surface area contributed by atoms with Gasteiger partial charge < -0.3 is 10.3 Å². The highest BCUT2D eigenvalue weighted by Crippen LogP contribution is 2.25. The number of nitrogens with one attached hydrogen (secondary N) is 2.